The number of aliphatic hydroxyl groups is 1. The molecule has 1 saturated heterocycles. The molecule has 0 spiro atoms. The molecule has 6 heteroatoms. The van der Waals surface area contributed by atoms with Crippen molar-refractivity contribution in [3.63, 3.8) is 0 Å². The average Bonchev–Trinajstić information content (AvgIpc) is 3.05. The van der Waals surface area contributed by atoms with Gasteiger partial charge in [0.2, 0.25) is 11.8 Å². The van der Waals surface area contributed by atoms with E-state index < -0.39 is 5.60 Å². The molecule has 0 bridgehead atoms. The van der Waals surface area contributed by atoms with E-state index >= 15 is 0 Å². The number of likely N-dealkylation sites (N-methyl/N-ethyl adjacent to an activating group) is 1. The molecule has 0 unspecified atom stereocenters. The Morgan fingerprint density at radius 1 is 1.38 bits per heavy atom. The molecule has 1 aliphatic rings. The summed E-state index contributed by atoms with van der Waals surface area (Å²) in [5.74, 6) is 0.432. The lowest BCUT2D eigenvalue weighted by Crippen LogP contribution is -2.50. The molecular formula is C18H26N2O4. The maximum atomic E-state index is 12.5. The van der Waals surface area contributed by atoms with Gasteiger partial charge in [0, 0.05) is 20.5 Å². The van der Waals surface area contributed by atoms with Crippen LogP contribution in [0.5, 0.6) is 5.75 Å². The van der Waals surface area contributed by atoms with Gasteiger partial charge in [0.05, 0.1) is 19.7 Å². The first-order valence-corrected chi connectivity index (χ1v) is 8.15. The minimum absolute atomic E-state index is 0.0323. The standard InChI is InChI=1S/C18H26N2O4/c1-13(21)19(3)12-17(22)20-11-5-6-16(20)18(2,23)14-7-9-15(24-4)10-8-14/h7-10,16,23H,5-6,11-12H2,1-4H3/t16-,18-/m1/s1. The van der Waals surface area contributed by atoms with Crippen LogP contribution in [0.4, 0.5) is 0 Å². The Morgan fingerprint density at radius 2 is 2.00 bits per heavy atom. The second-order valence-electron chi connectivity index (χ2n) is 6.50. The number of methoxy groups -OCH3 is 1. The molecule has 1 aromatic carbocycles. The summed E-state index contributed by atoms with van der Waals surface area (Å²) in [4.78, 5) is 27.0. The van der Waals surface area contributed by atoms with E-state index in [1.54, 1.807) is 38.1 Å². The fourth-order valence-electron chi connectivity index (χ4n) is 3.18. The average molecular weight is 334 g/mol. The fraction of sp³-hybridized carbons (Fsp3) is 0.556. The van der Waals surface area contributed by atoms with Crippen LogP contribution in [0, 0.1) is 0 Å². The van der Waals surface area contributed by atoms with Gasteiger partial charge in [-0.1, -0.05) is 12.1 Å². The Bertz CT molecular complexity index is 598. The quantitative estimate of drug-likeness (QED) is 0.883. The van der Waals surface area contributed by atoms with Gasteiger partial charge in [0.1, 0.15) is 11.4 Å². The number of ether oxygens (including phenoxy) is 1. The van der Waals surface area contributed by atoms with Crippen molar-refractivity contribution in [1.82, 2.24) is 9.80 Å². The first-order chi connectivity index (χ1) is 11.3. The Balaban J connectivity index is 2.18. The lowest BCUT2D eigenvalue weighted by atomic mass is 9.86. The number of carbonyl (C=O) groups excluding carboxylic acids is 2. The number of hydrogen-bond acceptors (Lipinski definition) is 4. The van der Waals surface area contributed by atoms with Gasteiger partial charge in [0.15, 0.2) is 0 Å². The molecule has 2 rings (SSSR count). The molecule has 1 heterocycles. The lowest BCUT2D eigenvalue weighted by Gasteiger charge is -2.37. The topological polar surface area (TPSA) is 70.1 Å². The summed E-state index contributed by atoms with van der Waals surface area (Å²) < 4.78 is 5.15. The van der Waals surface area contributed by atoms with Crippen LogP contribution >= 0.6 is 0 Å². The second kappa shape index (κ2) is 7.21. The summed E-state index contributed by atoms with van der Waals surface area (Å²) in [5.41, 5.74) is -0.416. The summed E-state index contributed by atoms with van der Waals surface area (Å²) in [6.45, 7) is 3.80. The minimum atomic E-state index is -1.16. The maximum Gasteiger partial charge on any atom is 0.242 e. The Labute approximate surface area is 143 Å². The first-order valence-electron chi connectivity index (χ1n) is 8.15. The van der Waals surface area contributed by atoms with Gasteiger partial charge < -0.3 is 19.6 Å². The molecule has 6 nitrogen and oxygen atoms in total. The van der Waals surface area contributed by atoms with E-state index in [-0.39, 0.29) is 24.4 Å². The summed E-state index contributed by atoms with van der Waals surface area (Å²) in [5, 5.41) is 11.1. The van der Waals surface area contributed by atoms with Crippen molar-refractivity contribution in [3.05, 3.63) is 29.8 Å². The number of nitrogens with zero attached hydrogens (tertiary/aromatic N) is 2. The maximum absolute atomic E-state index is 12.5. The van der Waals surface area contributed by atoms with Crippen molar-refractivity contribution in [3.8, 4) is 5.75 Å². The largest absolute Gasteiger partial charge is 0.497 e. The van der Waals surface area contributed by atoms with Crippen molar-refractivity contribution in [2.45, 2.75) is 38.3 Å². The molecule has 0 saturated carbocycles. The smallest absolute Gasteiger partial charge is 0.242 e. The Morgan fingerprint density at radius 3 is 2.54 bits per heavy atom. The van der Waals surface area contributed by atoms with E-state index in [1.165, 1.54) is 11.8 Å². The van der Waals surface area contributed by atoms with Gasteiger partial charge in [-0.05, 0) is 37.5 Å². The normalized spacial score (nSPS) is 19.7. The predicted octanol–water partition coefficient (Wildman–Crippen LogP) is 1.37. The summed E-state index contributed by atoms with van der Waals surface area (Å²) in [6, 6.07) is 6.94. The first kappa shape index (κ1) is 18.3. The molecule has 0 radical (unpaired) electrons. The van der Waals surface area contributed by atoms with Crippen molar-refractivity contribution >= 4 is 11.8 Å². The van der Waals surface area contributed by atoms with Crippen molar-refractivity contribution in [1.29, 1.82) is 0 Å². The molecule has 24 heavy (non-hydrogen) atoms. The minimum Gasteiger partial charge on any atom is -0.497 e. The van der Waals surface area contributed by atoms with Crippen LogP contribution in [-0.4, -0.2) is 60.0 Å². The summed E-state index contributed by atoms with van der Waals surface area (Å²) >= 11 is 0. The SMILES string of the molecule is COc1ccc([C@@](C)(O)[C@H]2CCCN2C(=O)CN(C)C(C)=O)cc1. The van der Waals surface area contributed by atoms with Gasteiger partial charge in [0.25, 0.3) is 0 Å². The van der Waals surface area contributed by atoms with Crippen LogP contribution < -0.4 is 4.74 Å². The number of rotatable bonds is 5. The van der Waals surface area contributed by atoms with E-state index in [9.17, 15) is 14.7 Å². The fourth-order valence-corrected chi connectivity index (χ4v) is 3.18. The zero-order valence-corrected chi connectivity index (χ0v) is 14.8. The van der Waals surface area contributed by atoms with E-state index in [1.807, 2.05) is 12.1 Å². The monoisotopic (exact) mass is 334 g/mol. The van der Waals surface area contributed by atoms with Crippen molar-refractivity contribution in [2.75, 3.05) is 27.2 Å². The third kappa shape index (κ3) is 3.70. The van der Waals surface area contributed by atoms with Crippen LogP contribution in [0.3, 0.4) is 0 Å². The number of benzene rings is 1. The number of carbonyl (C=O) groups is 2. The summed E-state index contributed by atoms with van der Waals surface area (Å²) in [6.07, 6.45) is 1.57. The highest BCUT2D eigenvalue weighted by molar-refractivity contribution is 5.84. The Hall–Kier alpha value is -2.08. The third-order valence-electron chi connectivity index (χ3n) is 4.81. The highest BCUT2D eigenvalue weighted by atomic mass is 16.5. The molecule has 1 fully saturated rings. The van der Waals surface area contributed by atoms with E-state index in [2.05, 4.69) is 0 Å². The predicted molar refractivity (Wildman–Crippen MR) is 90.6 cm³/mol. The molecule has 0 aliphatic carbocycles. The van der Waals surface area contributed by atoms with Gasteiger partial charge in [-0.2, -0.15) is 0 Å². The van der Waals surface area contributed by atoms with Gasteiger partial charge in [-0.25, -0.2) is 0 Å². The highest BCUT2D eigenvalue weighted by Gasteiger charge is 2.42. The lowest BCUT2D eigenvalue weighted by molar-refractivity contribution is -0.142. The van der Waals surface area contributed by atoms with Crippen LogP contribution in [0.25, 0.3) is 0 Å². The Kier molecular flexibility index (Phi) is 5.49. The summed E-state index contributed by atoms with van der Waals surface area (Å²) in [7, 11) is 3.20. The van der Waals surface area contributed by atoms with E-state index in [4.69, 9.17) is 4.74 Å². The molecule has 2 atom stereocenters. The zero-order valence-electron chi connectivity index (χ0n) is 14.8. The molecule has 1 aromatic rings. The van der Waals surface area contributed by atoms with Crippen molar-refractivity contribution in [2.24, 2.45) is 0 Å². The molecule has 132 valence electrons. The second-order valence-corrected chi connectivity index (χ2v) is 6.50. The molecule has 2 amide bonds. The van der Waals surface area contributed by atoms with Gasteiger partial charge in [-0.15, -0.1) is 0 Å². The third-order valence-corrected chi connectivity index (χ3v) is 4.81. The van der Waals surface area contributed by atoms with Gasteiger partial charge in [-0.3, -0.25) is 9.59 Å². The molecular weight excluding hydrogens is 308 g/mol. The molecule has 0 aromatic heterocycles. The number of likely N-dealkylation sites (tertiary alicyclic amines) is 1. The van der Waals surface area contributed by atoms with E-state index in [0.717, 1.165) is 24.2 Å². The van der Waals surface area contributed by atoms with Crippen LogP contribution in [0.2, 0.25) is 0 Å². The number of amides is 2. The zero-order chi connectivity index (χ0) is 17.9. The highest BCUT2D eigenvalue weighted by Crippen LogP contribution is 2.35. The van der Waals surface area contributed by atoms with Crippen LogP contribution in [0.1, 0.15) is 32.3 Å². The molecule has 1 aliphatic heterocycles. The van der Waals surface area contributed by atoms with Crippen LogP contribution in [0.15, 0.2) is 24.3 Å². The molecule has 1 N–H and O–H groups in total. The van der Waals surface area contributed by atoms with Crippen LogP contribution in [-0.2, 0) is 15.2 Å². The van der Waals surface area contributed by atoms with E-state index in [0.29, 0.717) is 6.54 Å². The van der Waals surface area contributed by atoms with Gasteiger partial charge >= 0.3 is 0 Å². The van der Waals surface area contributed by atoms with Crippen molar-refractivity contribution < 1.29 is 19.4 Å². The number of hydrogen-bond donors (Lipinski definition) is 1.